The Morgan fingerprint density at radius 2 is 1.75 bits per heavy atom. The standard InChI is InChI=1S/C21H16BrClF2N6S/c22-15-12-31(11-14-16(23)5-3-7-18(14)25)29-20(15)27-21(32)26-19-8-9-30(28-19)10-13-4-1-2-6-17(13)24/h1-9,12H,10-11H2,(H2,26,27,28,29,32). The number of halogens is 4. The molecule has 0 bridgehead atoms. The number of hydrogen-bond donors (Lipinski definition) is 2. The van der Waals surface area contributed by atoms with Crippen LogP contribution in [0.4, 0.5) is 20.4 Å². The van der Waals surface area contributed by atoms with Crippen molar-refractivity contribution >= 4 is 56.5 Å². The topological polar surface area (TPSA) is 59.7 Å². The number of thiocarbonyl (C=S) groups is 1. The largest absolute Gasteiger partial charge is 0.316 e. The van der Waals surface area contributed by atoms with Gasteiger partial charge in [0.1, 0.15) is 11.6 Å². The first kappa shape index (κ1) is 22.4. The fourth-order valence-electron chi connectivity index (χ4n) is 2.98. The number of anilines is 2. The van der Waals surface area contributed by atoms with Gasteiger partial charge in [-0.25, -0.2) is 8.78 Å². The highest BCUT2D eigenvalue weighted by molar-refractivity contribution is 9.10. The summed E-state index contributed by atoms with van der Waals surface area (Å²) in [5, 5.41) is 15.2. The van der Waals surface area contributed by atoms with Gasteiger partial charge in [0, 0.05) is 34.6 Å². The molecule has 164 valence electrons. The maximum absolute atomic E-state index is 14.0. The van der Waals surface area contributed by atoms with E-state index in [4.69, 9.17) is 23.8 Å². The Morgan fingerprint density at radius 3 is 2.53 bits per heavy atom. The molecule has 0 unspecified atom stereocenters. The zero-order valence-corrected chi connectivity index (χ0v) is 19.6. The number of rotatable bonds is 6. The van der Waals surface area contributed by atoms with Gasteiger partial charge in [0.25, 0.3) is 0 Å². The quantitative estimate of drug-likeness (QED) is 0.310. The van der Waals surface area contributed by atoms with Crippen LogP contribution in [0.2, 0.25) is 5.02 Å². The van der Waals surface area contributed by atoms with E-state index < -0.39 is 5.82 Å². The predicted octanol–water partition coefficient (Wildman–Crippen LogP) is 5.68. The average Bonchev–Trinajstić information content (AvgIpc) is 3.32. The maximum Gasteiger partial charge on any atom is 0.177 e. The lowest BCUT2D eigenvalue weighted by Gasteiger charge is -2.08. The molecule has 4 rings (SSSR count). The first-order chi connectivity index (χ1) is 15.4. The molecule has 0 saturated carbocycles. The van der Waals surface area contributed by atoms with Crippen LogP contribution in [0, 0.1) is 11.6 Å². The van der Waals surface area contributed by atoms with Crippen LogP contribution in [0.3, 0.4) is 0 Å². The summed E-state index contributed by atoms with van der Waals surface area (Å²) in [7, 11) is 0. The minimum absolute atomic E-state index is 0.159. The predicted molar refractivity (Wildman–Crippen MR) is 128 cm³/mol. The minimum atomic E-state index is -0.401. The molecule has 0 atom stereocenters. The third-order valence-electron chi connectivity index (χ3n) is 4.50. The molecule has 2 N–H and O–H groups in total. The van der Waals surface area contributed by atoms with Crippen LogP contribution in [-0.2, 0) is 13.1 Å². The smallest absolute Gasteiger partial charge is 0.177 e. The van der Waals surface area contributed by atoms with E-state index in [-0.39, 0.29) is 17.5 Å². The second kappa shape index (κ2) is 9.76. The van der Waals surface area contributed by atoms with Crippen molar-refractivity contribution in [1.82, 2.24) is 19.6 Å². The molecule has 0 aliphatic heterocycles. The van der Waals surface area contributed by atoms with Crippen molar-refractivity contribution in [2.24, 2.45) is 0 Å². The lowest BCUT2D eigenvalue weighted by atomic mass is 10.2. The Balaban J connectivity index is 1.39. The molecule has 11 heteroatoms. The van der Waals surface area contributed by atoms with Gasteiger partial charge >= 0.3 is 0 Å². The Bertz CT molecular complexity index is 1250. The van der Waals surface area contributed by atoms with Crippen LogP contribution in [-0.4, -0.2) is 24.7 Å². The number of nitrogens with zero attached hydrogens (tertiary/aromatic N) is 4. The van der Waals surface area contributed by atoms with Crippen LogP contribution >= 0.6 is 39.7 Å². The van der Waals surface area contributed by atoms with Crippen LogP contribution in [0.5, 0.6) is 0 Å². The van der Waals surface area contributed by atoms with Gasteiger partial charge in [-0.05, 0) is 46.3 Å². The van der Waals surface area contributed by atoms with E-state index in [1.165, 1.54) is 12.1 Å². The molecular formula is C21H16BrClF2N6S. The van der Waals surface area contributed by atoms with Crippen molar-refractivity contribution < 1.29 is 8.78 Å². The van der Waals surface area contributed by atoms with Gasteiger partial charge in [0.2, 0.25) is 0 Å². The normalized spacial score (nSPS) is 10.9. The second-order valence-electron chi connectivity index (χ2n) is 6.79. The Morgan fingerprint density at radius 1 is 0.969 bits per heavy atom. The highest BCUT2D eigenvalue weighted by atomic mass is 79.9. The van der Waals surface area contributed by atoms with Gasteiger partial charge in [-0.3, -0.25) is 9.36 Å². The zero-order valence-electron chi connectivity index (χ0n) is 16.4. The van der Waals surface area contributed by atoms with E-state index in [9.17, 15) is 8.78 Å². The molecule has 0 spiro atoms. The highest BCUT2D eigenvalue weighted by Crippen LogP contribution is 2.24. The summed E-state index contributed by atoms with van der Waals surface area (Å²) in [6.07, 6.45) is 3.41. The Kier molecular flexibility index (Phi) is 6.83. The fraction of sp³-hybridized carbons (Fsp3) is 0.0952. The monoisotopic (exact) mass is 536 g/mol. The third-order valence-corrected chi connectivity index (χ3v) is 5.64. The lowest BCUT2D eigenvalue weighted by Crippen LogP contribution is -2.20. The fourth-order valence-corrected chi connectivity index (χ4v) is 3.82. The van der Waals surface area contributed by atoms with E-state index >= 15 is 0 Å². The molecule has 0 aliphatic carbocycles. The number of nitrogens with one attached hydrogen (secondary N) is 2. The van der Waals surface area contributed by atoms with Crippen molar-refractivity contribution in [3.63, 3.8) is 0 Å². The van der Waals surface area contributed by atoms with Gasteiger partial charge in [-0.1, -0.05) is 35.9 Å². The van der Waals surface area contributed by atoms with E-state index in [0.717, 1.165) is 0 Å². The van der Waals surface area contributed by atoms with E-state index in [1.807, 2.05) is 0 Å². The van der Waals surface area contributed by atoms with Gasteiger partial charge in [0.05, 0.1) is 17.6 Å². The Labute approximate surface area is 201 Å². The van der Waals surface area contributed by atoms with Crippen molar-refractivity contribution in [2.45, 2.75) is 13.1 Å². The summed E-state index contributed by atoms with van der Waals surface area (Å²) < 4.78 is 31.7. The summed E-state index contributed by atoms with van der Waals surface area (Å²) in [6, 6.07) is 12.8. The van der Waals surface area contributed by atoms with Gasteiger partial charge < -0.3 is 10.6 Å². The molecule has 32 heavy (non-hydrogen) atoms. The average molecular weight is 538 g/mol. The van der Waals surface area contributed by atoms with Crippen LogP contribution in [0.25, 0.3) is 0 Å². The van der Waals surface area contributed by atoms with Crippen molar-refractivity contribution in [2.75, 3.05) is 10.6 Å². The van der Waals surface area contributed by atoms with Crippen molar-refractivity contribution in [1.29, 1.82) is 0 Å². The van der Waals surface area contributed by atoms with Crippen molar-refractivity contribution in [3.05, 3.63) is 93.2 Å². The molecule has 6 nitrogen and oxygen atoms in total. The summed E-state index contributed by atoms with van der Waals surface area (Å²) in [5.41, 5.74) is 0.879. The molecule has 2 aromatic carbocycles. The molecular weight excluding hydrogens is 522 g/mol. The summed E-state index contributed by atoms with van der Waals surface area (Å²) in [5.74, 6) is 0.252. The SMILES string of the molecule is Fc1ccccc1Cn1ccc(NC(=S)Nc2nn(Cc3c(F)cccc3Cl)cc2Br)n1. The van der Waals surface area contributed by atoms with E-state index in [1.54, 1.807) is 58.2 Å². The molecule has 2 heterocycles. The summed E-state index contributed by atoms with van der Waals surface area (Å²) in [6.45, 7) is 0.454. The summed E-state index contributed by atoms with van der Waals surface area (Å²) in [4.78, 5) is 0. The molecule has 2 aromatic heterocycles. The van der Waals surface area contributed by atoms with Gasteiger partial charge in [-0.2, -0.15) is 10.2 Å². The lowest BCUT2D eigenvalue weighted by molar-refractivity contribution is 0.586. The molecule has 4 aromatic rings. The first-order valence-corrected chi connectivity index (χ1v) is 11.0. The van der Waals surface area contributed by atoms with Crippen LogP contribution in [0.15, 0.2) is 65.4 Å². The molecule has 0 saturated heterocycles. The van der Waals surface area contributed by atoms with Crippen LogP contribution < -0.4 is 10.6 Å². The van der Waals surface area contributed by atoms with Crippen molar-refractivity contribution in [3.8, 4) is 0 Å². The van der Waals surface area contributed by atoms with Crippen LogP contribution in [0.1, 0.15) is 11.1 Å². The molecule has 0 radical (unpaired) electrons. The summed E-state index contributed by atoms with van der Waals surface area (Å²) >= 11 is 14.8. The minimum Gasteiger partial charge on any atom is -0.316 e. The van der Waals surface area contributed by atoms with Gasteiger partial charge in [0.15, 0.2) is 16.7 Å². The van der Waals surface area contributed by atoms with E-state index in [0.29, 0.717) is 38.8 Å². The first-order valence-electron chi connectivity index (χ1n) is 9.40. The zero-order chi connectivity index (χ0) is 22.7. The van der Waals surface area contributed by atoms with E-state index in [2.05, 4.69) is 36.8 Å². The molecule has 0 aliphatic rings. The third kappa shape index (κ3) is 5.32. The number of benzene rings is 2. The van der Waals surface area contributed by atoms with Gasteiger partial charge in [-0.15, -0.1) is 0 Å². The highest BCUT2D eigenvalue weighted by Gasteiger charge is 2.13. The molecule has 0 amide bonds. The maximum atomic E-state index is 14.0. The number of hydrogen-bond acceptors (Lipinski definition) is 3. The second-order valence-corrected chi connectivity index (χ2v) is 8.46. The molecule has 0 fully saturated rings. The number of aromatic nitrogens is 4. The Hall–Kier alpha value is -2.82.